The molecule has 0 aromatic heterocycles. The summed E-state index contributed by atoms with van der Waals surface area (Å²) >= 11 is 0. The molecule has 0 saturated heterocycles. The normalized spacial score (nSPS) is 10.8. The van der Waals surface area contributed by atoms with Crippen molar-refractivity contribution in [3.05, 3.63) is 34.9 Å². The second-order valence-electron chi connectivity index (χ2n) is 5.21. The Balaban J connectivity index is 2.74. The molecule has 0 atom stereocenters. The van der Waals surface area contributed by atoms with Crippen LogP contribution >= 0.6 is 0 Å². The first-order valence-electron chi connectivity index (χ1n) is 7.76. The Kier molecular flexibility index (Phi) is 7.80. The molecule has 1 aromatic rings. The van der Waals surface area contributed by atoms with Gasteiger partial charge >= 0.3 is 0 Å². The highest BCUT2D eigenvalue weighted by molar-refractivity contribution is 5.30. The average molecular weight is 244 g/mol. The van der Waals surface area contributed by atoms with Gasteiger partial charge in [-0.15, -0.1) is 0 Å². The fraction of sp³-hybridized carbons (Fsp3) is 0.667. The van der Waals surface area contributed by atoms with Crippen LogP contribution in [-0.4, -0.2) is 0 Å². The third-order valence-corrected chi connectivity index (χ3v) is 3.46. The molecule has 0 saturated carbocycles. The van der Waals surface area contributed by atoms with Gasteiger partial charge in [0.1, 0.15) is 0 Å². The van der Waals surface area contributed by atoms with Crippen molar-refractivity contribution < 1.29 is 0 Å². The van der Waals surface area contributed by atoms with Crippen LogP contribution in [-0.2, 0) is 19.3 Å². The molecule has 1 rings (SSSR count). The van der Waals surface area contributed by atoms with Gasteiger partial charge in [-0.1, -0.05) is 46.1 Å². The Morgan fingerprint density at radius 1 is 0.778 bits per heavy atom. The van der Waals surface area contributed by atoms with Gasteiger partial charge in [-0.3, -0.25) is 0 Å². The molecule has 0 heteroatoms. The minimum Gasteiger partial charge on any atom is -0.0654 e. The zero-order valence-electron chi connectivity index (χ0n) is 12.4. The highest BCUT2D eigenvalue weighted by atomic mass is 14.1. The third kappa shape index (κ3) is 5.25. The number of hydrogen-bond donors (Lipinski definition) is 0. The highest BCUT2D eigenvalue weighted by Crippen LogP contribution is 2.17. The van der Waals surface area contributed by atoms with E-state index in [1.807, 2.05) is 0 Å². The lowest BCUT2D eigenvalue weighted by atomic mass is 9.94. The van der Waals surface area contributed by atoms with E-state index in [2.05, 4.69) is 39.0 Å². The summed E-state index contributed by atoms with van der Waals surface area (Å²) in [4.78, 5) is 0. The zero-order chi connectivity index (χ0) is 13.2. The first-order valence-corrected chi connectivity index (χ1v) is 7.76. The fourth-order valence-corrected chi connectivity index (χ4v) is 2.21. The maximum absolute atomic E-state index is 3.66. The largest absolute Gasteiger partial charge is 0.0654 e. The van der Waals surface area contributed by atoms with E-state index in [-0.39, 0.29) is 0 Å². The van der Waals surface area contributed by atoms with Gasteiger partial charge in [-0.05, 0) is 67.3 Å². The van der Waals surface area contributed by atoms with Gasteiger partial charge in [0.15, 0.2) is 0 Å². The van der Waals surface area contributed by atoms with Crippen LogP contribution < -0.4 is 0 Å². The van der Waals surface area contributed by atoms with Gasteiger partial charge in [0.25, 0.3) is 0 Å². The molecule has 0 heterocycles. The minimum atomic E-state index is 1.17. The van der Waals surface area contributed by atoms with Crippen molar-refractivity contribution in [1.82, 2.24) is 0 Å². The van der Waals surface area contributed by atoms with Crippen LogP contribution in [0.2, 0.25) is 0 Å². The van der Waals surface area contributed by atoms with E-state index in [4.69, 9.17) is 0 Å². The van der Waals surface area contributed by atoms with E-state index < -0.39 is 0 Å². The van der Waals surface area contributed by atoms with Crippen molar-refractivity contribution in [2.75, 3.05) is 0 Å². The van der Waals surface area contributed by atoms with Crippen LogP contribution in [0.15, 0.2) is 6.07 Å². The van der Waals surface area contributed by atoms with Gasteiger partial charge in [-0.2, -0.15) is 0 Å². The second kappa shape index (κ2) is 9.19. The molecule has 0 aliphatic carbocycles. The van der Waals surface area contributed by atoms with E-state index in [1.54, 1.807) is 0 Å². The molecule has 1 aromatic carbocycles. The molecule has 0 aliphatic heterocycles. The highest BCUT2D eigenvalue weighted by Gasteiger charge is 2.05. The van der Waals surface area contributed by atoms with Crippen molar-refractivity contribution in [3.63, 3.8) is 0 Å². The topological polar surface area (TPSA) is 0 Å². The summed E-state index contributed by atoms with van der Waals surface area (Å²) in [6.45, 7) is 6.76. The molecule has 0 amide bonds. The molecule has 0 spiro atoms. The molecule has 0 N–H and O–H groups in total. The average Bonchev–Trinajstić information content (AvgIpc) is 2.41. The van der Waals surface area contributed by atoms with Crippen molar-refractivity contribution in [3.8, 4) is 0 Å². The molecule has 100 valence electrons. The molecule has 0 bridgehead atoms. The maximum Gasteiger partial charge on any atom is -0.0111 e. The first kappa shape index (κ1) is 15.3. The lowest BCUT2D eigenvalue weighted by molar-refractivity contribution is 0.749. The lowest BCUT2D eigenvalue weighted by Gasteiger charge is -2.10. The minimum absolute atomic E-state index is 1.17. The number of unbranched alkanes of at least 4 members (excludes halogenated alkanes) is 3. The molecule has 0 unspecified atom stereocenters. The van der Waals surface area contributed by atoms with E-state index in [9.17, 15) is 0 Å². The smallest absolute Gasteiger partial charge is 0.0111 e. The summed E-state index contributed by atoms with van der Waals surface area (Å²) < 4.78 is 0. The van der Waals surface area contributed by atoms with Crippen molar-refractivity contribution in [1.29, 1.82) is 0 Å². The van der Waals surface area contributed by atoms with E-state index >= 15 is 0 Å². The van der Waals surface area contributed by atoms with Gasteiger partial charge in [0.05, 0.1) is 0 Å². The Labute approximate surface area is 114 Å². The molecule has 0 aliphatic rings. The van der Waals surface area contributed by atoms with Gasteiger partial charge < -0.3 is 0 Å². The Bertz CT molecular complexity index is 325. The van der Waals surface area contributed by atoms with Gasteiger partial charge in [0.2, 0.25) is 0 Å². The number of benzene rings is 1. The SMILES string of the molecule is CCCCc1[c]c(CCCC)c(CCCC)[c]c1. The summed E-state index contributed by atoms with van der Waals surface area (Å²) in [6, 6.07) is 9.36. The van der Waals surface area contributed by atoms with Gasteiger partial charge in [0, 0.05) is 0 Å². The van der Waals surface area contributed by atoms with Crippen LogP contribution in [0, 0.1) is 12.1 Å². The number of rotatable bonds is 9. The Morgan fingerprint density at radius 3 is 1.94 bits per heavy atom. The maximum atomic E-state index is 3.66. The van der Waals surface area contributed by atoms with Crippen molar-refractivity contribution in [2.45, 2.75) is 78.6 Å². The van der Waals surface area contributed by atoms with Crippen molar-refractivity contribution in [2.24, 2.45) is 0 Å². The van der Waals surface area contributed by atoms with Crippen LogP contribution in [0.5, 0.6) is 0 Å². The van der Waals surface area contributed by atoms with Gasteiger partial charge in [-0.25, -0.2) is 0 Å². The number of hydrogen-bond acceptors (Lipinski definition) is 0. The number of aryl methyl sites for hydroxylation is 3. The quantitative estimate of drug-likeness (QED) is 0.552. The second-order valence-corrected chi connectivity index (χ2v) is 5.21. The standard InChI is InChI=1S/C18H28/c1-4-7-10-16-13-14-17(11-8-5-2)18(15-16)12-9-6-3/h13H,4-12H2,1-3H3. The molecular weight excluding hydrogens is 216 g/mol. The van der Waals surface area contributed by atoms with Crippen molar-refractivity contribution >= 4 is 0 Å². The van der Waals surface area contributed by atoms with Crippen LogP contribution in [0.1, 0.15) is 76.0 Å². The summed E-state index contributed by atoms with van der Waals surface area (Å²) in [5.41, 5.74) is 4.23. The van der Waals surface area contributed by atoms with E-state index in [0.29, 0.717) is 0 Å². The van der Waals surface area contributed by atoms with Crippen LogP contribution in [0.3, 0.4) is 0 Å². The first-order chi connectivity index (χ1) is 8.81. The molecule has 0 fully saturated rings. The van der Waals surface area contributed by atoms with E-state index in [0.717, 1.165) is 0 Å². The molecular formula is C18H28. The lowest BCUT2D eigenvalue weighted by Crippen LogP contribution is -1.98. The van der Waals surface area contributed by atoms with E-state index in [1.165, 1.54) is 74.5 Å². The summed E-state index contributed by atoms with van der Waals surface area (Å²) in [5, 5.41) is 0. The zero-order valence-corrected chi connectivity index (χ0v) is 12.4. The third-order valence-electron chi connectivity index (χ3n) is 3.46. The summed E-state index contributed by atoms with van der Waals surface area (Å²) in [6.07, 6.45) is 11.1. The fourth-order valence-electron chi connectivity index (χ4n) is 2.21. The predicted octanol–water partition coefficient (Wildman–Crippen LogP) is 5.31. The Hall–Kier alpha value is -0.780. The summed E-state index contributed by atoms with van der Waals surface area (Å²) in [7, 11) is 0. The predicted molar refractivity (Wildman–Crippen MR) is 80.0 cm³/mol. The molecule has 0 nitrogen and oxygen atoms in total. The van der Waals surface area contributed by atoms with Crippen LogP contribution in [0.25, 0.3) is 0 Å². The summed E-state index contributed by atoms with van der Waals surface area (Å²) in [5.74, 6) is 0. The Morgan fingerprint density at radius 2 is 1.33 bits per heavy atom. The van der Waals surface area contributed by atoms with Crippen LogP contribution in [0.4, 0.5) is 0 Å². The molecule has 18 heavy (non-hydrogen) atoms. The molecule has 2 radical (unpaired) electrons. The monoisotopic (exact) mass is 244 g/mol.